The summed E-state index contributed by atoms with van der Waals surface area (Å²) in [4.78, 5) is 27.9. The Hall–Kier alpha value is -4.16. The number of carbonyl (C=O) groups excluding carboxylic acids is 1. The summed E-state index contributed by atoms with van der Waals surface area (Å²) in [5.74, 6) is -2.60. The molecule has 0 unspecified atom stereocenters. The highest BCUT2D eigenvalue weighted by Crippen LogP contribution is 2.33. The molecule has 4 rings (SSSR count). The minimum atomic E-state index is -4.94. The van der Waals surface area contributed by atoms with E-state index in [1.165, 1.54) is 30.3 Å². The van der Waals surface area contributed by atoms with Crippen molar-refractivity contribution in [3.05, 3.63) is 106 Å². The first-order chi connectivity index (χ1) is 19.8. The van der Waals surface area contributed by atoms with Crippen molar-refractivity contribution in [3.8, 4) is 11.1 Å². The molecule has 2 N–H and O–H groups in total. The van der Waals surface area contributed by atoms with Gasteiger partial charge in [-0.2, -0.15) is 13.2 Å². The maximum atomic E-state index is 13.6. The third-order valence-electron chi connectivity index (χ3n) is 6.37. The van der Waals surface area contributed by atoms with Crippen molar-refractivity contribution in [2.24, 2.45) is 0 Å². The molecular weight excluding hydrogens is 595 g/mol. The van der Waals surface area contributed by atoms with Gasteiger partial charge in [0, 0.05) is 29.1 Å². The summed E-state index contributed by atoms with van der Waals surface area (Å²) in [6.07, 6.45) is -3.59. The van der Waals surface area contributed by atoms with E-state index in [-0.39, 0.29) is 39.8 Å². The van der Waals surface area contributed by atoms with Crippen LogP contribution in [0.3, 0.4) is 0 Å². The number of nitrogens with zero attached hydrogens (tertiary/aromatic N) is 2. The predicted octanol–water partition coefficient (Wildman–Crippen LogP) is 6.43. The Morgan fingerprint density at radius 1 is 1.02 bits per heavy atom. The van der Waals surface area contributed by atoms with Gasteiger partial charge < -0.3 is 9.67 Å². The lowest BCUT2D eigenvalue weighted by Gasteiger charge is -2.14. The number of aryl methyl sites for hydroxylation is 1. The Kier molecular flexibility index (Phi) is 9.07. The van der Waals surface area contributed by atoms with Crippen LogP contribution in [0.5, 0.6) is 0 Å². The van der Waals surface area contributed by atoms with Gasteiger partial charge in [0.1, 0.15) is 5.82 Å². The normalized spacial score (nSPS) is 11.8. The van der Waals surface area contributed by atoms with Gasteiger partial charge in [0.15, 0.2) is 11.4 Å². The first-order valence-electron chi connectivity index (χ1n) is 12.7. The average Bonchev–Trinajstić information content (AvgIpc) is 3.31. The molecule has 0 radical (unpaired) electrons. The van der Waals surface area contributed by atoms with Crippen LogP contribution in [0.15, 0.2) is 77.7 Å². The zero-order valence-electron chi connectivity index (χ0n) is 22.2. The number of aromatic carboxylic acids is 1. The molecule has 1 amide bonds. The zero-order valence-corrected chi connectivity index (χ0v) is 23.7. The second-order valence-corrected chi connectivity index (χ2v) is 11.4. The number of hydrogen-bond donors (Lipinski definition) is 2. The number of unbranched alkanes of at least 4 members (excludes halogenated alkanes) is 1. The van der Waals surface area contributed by atoms with Gasteiger partial charge in [-0.25, -0.2) is 22.9 Å². The van der Waals surface area contributed by atoms with Crippen LogP contribution in [0.25, 0.3) is 11.1 Å². The van der Waals surface area contributed by atoms with Gasteiger partial charge in [0.05, 0.1) is 4.90 Å². The number of halogens is 4. The predicted molar refractivity (Wildman–Crippen MR) is 150 cm³/mol. The molecular formula is C29H25ClF3N3O5S. The molecule has 42 heavy (non-hydrogen) atoms. The van der Waals surface area contributed by atoms with E-state index >= 15 is 0 Å². The fraction of sp³-hybridized carbons (Fsp3) is 0.207. The van der Waals surface area contributed by atoms with Crippen molar-refractivity contribution in [1.29, 1.82) is 0 Å². The van der Waals surface area contributed by atoms with E-state index in [2.05, 4.69) is 4.98 Å². The third-order valence-corrected chi connectivity index (χ3v) is 7.99. The molecule has 0 aliphatic carbocycles. The van der Waals surface area contributed by atoms with Crippen molar-refractivity contribution in [2.75, 3.05) is 0 Å². The summed E-state index contributed by atoms with van der Waals surface area (Å²) in [5, 5.41) is 9.88. The van der Waals surface area contributed by atoms with Crippen molar-refractivity contribution in [1.82, 2.24) is 14.3 Å². The lowest BCUT2D eigenvalue weighted by molar-refractivity contribution is -0.141. The summed E-state index contributed by atoms with van der Waals surface area (Å²) in [5.41, 5.74) is -1.14. The van der Waals surface area contributed by atoms with Crippen molar-refractivity contribution in [3.63, 3.8) is 0 Å². The number of benzene rings is 3. The number of sulfonamides is 1. The van der Waals surface area contributed by atoms with E-state index in [1.807, 2.05) is 11.6 Å². The second-order valence-electron chi connectivity index (χ2n) is 9.36. The fourth-order valence-electron chi connectivity index (χ4n) is 4.39. The smallest absolute Gasteiger partial charge is 0.435 e. The quantitative estimate of drug-likeness (QED) is 0.211. The second kappa shape index (κ2) is 12.4. The van der Waals surface area contributed by atoms with E-state index in [9.17, 15) is 36.3 Å². The number of imidazole rings is 1. The molecule has 4 aromatic rings. The highest BCUT2D eigenvalue weighted by atomic mass is 35.5. The van der Waals surface area contributed by atoms with Crippen LogP contribution in [0.4, 0.5) is 13.2 Å². The average molecular weight is 620 g/mol. The van der Waals surface area contributed by atoms with Crippen molar-refractivity contribution < 1.29 is 36.3 Å². The minimum Gasteiger partial charge on any atom is -0.477 e. The van der Waals surface area contributed by atoms with Crippen LogP contribution < -0.4 is 4.72 Å². The molecule has 1 aromatic heterocycles. The van der Waals surface area contributed by atoms with E-state index in [4.69, 9.17) is 11.6 Å². The topological polar surface area (TPSA) is 118 Å². The Labute approximate surface area is 244 Å². The molecule has 0 fully saturated rings. The number of rotatable bonds is 10. The minimum absolute atomic E-state index is 0.0116. The molecule has 220 valence electrons. The molecule has 0 saturated heterocycles. The highest BCUT2D eigenvalue weighted by Gasteiger charge is 2.41. The van der Waals surface area contributed by atoms with E-state index in [1.54, 1.807) is 42.5 Å². The molecule has 0 aliphatic heterocycles. The van der Waals surface area contributed by atoms with Gasteiger partial charge in [0.25, 0.3) is 15.9 Å². The maximum absolute atomic E-state index is 13.6. The SMILES string of the molecule is CCCCc1nc(C(F)(F)F)c(C(=O)O)n1Cc1ccc(-c2ccccc2S(=O)(=O)NC(=O)c2cccc(Cl)c2)cc1. The number of carboxylic acid groups (broad SMARTS) is 1. The van der Waals surface area contributed by atoms with E-state index < -0.39 is 39.5 Å². The molecule has 3 aromatic carbocycles. The third kappa shape index (κ3) is 6.82. The molecule has 0 bridgehead atoms. The standard InChI is InChI=1S/C29H25ClF3N3O5S/c1-2-3-11-24-34-26(29(31,32)33)25(28(38)39)36(24)17-18-12-14-19(15-13-18)22-9-4-5-10-23(22)42(40,41)35-27(37)20-7-6-8-21(30)16-20/h4-10,12-16H,2-3,11,17H2,1H3,(H,35,37)(H,38,39). The van der Waals surface area contributed by atoms with Gasteiger partial charge in [-0.05, 0) is 41.8 Å². The van der Waals surface area contributed by atoms with Crippen LogP contribution in [-0.2, 0) is 29.2 Å². The summed E-state index contributed by atoms with van der Waals surface area (Å²) < 4.78 is 70.3. The van der Waals surface area contributed by atoms with Crippen LogP contribution in [0.2, 0.25) is 5.02 Å². The molecule has 0 atom stereocenters. The lowest BCUT2D eigenvalue weighted by Crippen LogP contribution is -2.30. The first kappa shape index (κ1) is 30.8. The first-order valence-corrected chi connectivity index (χ1v) is 14.6. The van der Waals surface area contributed by atoms with Crippen molar-refractivity contribution in [2.45, 2.75) is 43.8 Å². The number of aromatic nitrogens is 2. The van der Waals surface area contributed by atoms with Gasteiger partial charge in [-0.1, -0.05) is 73.5 Å². The van der Waals surface area contributed by atoms with Crippen LogP contribution in [-0.4, -0.2) is 35.0 Å². The number of carboxylic acids is 1. The van der Waals surface area contributed by atoms with Crippen LogP contribution in [0.1, 0.15) is 57.7 Å². The zero-order chi connectivity index (χ0) is 30.7. The van der Waals surface area contributed by atoms with Crippen LogP contribution >= 0.6 is 11.6 Å². The summed E-state index contributed by atoms with van der Waals surface area (Å²) in [6.45, 7) is 1.66. The maximum Gasteiger partial charge on any atom is 0.435 e. The summed E-state index contributed by atoms with van der Waals surface area (Å²) >= 11 is 5.91. The van der Waals surface area contributed by atoms with Crippen molar-refractivity contribution >= 4 is 33.5 Å². The monoisotopic (exact) mass is 619 g/mol. The largest absolute Gasteiger partial charge is 0.477 e. The highest BCUT2D eigenvalue weighted by molar-refractivity contribution is 7.90. The Morgan fingerprint density at radius 3 is 2.33 bits per heavy atom. The number of hydrogen-bond acceptors (Lipinski definition) is 5. The van der Waals surface area contributed by atoms with Gasteiger partial charge in [0.2, 0.25) is 0 Å². The lowest BCUT2D eigenvalue weighted by atomic mass is 10.0. The molecule has 8 nitrogen and oxygen atoms in total. The molecule has 1 heterocycles. The van der Waals surface area contributed by atoms with Crippen LogP contribution in [0, 0.1) is 0 Å². The van der Waals surface area contributed by atoms with Gasteiger partial charge in [-0.15, -0.1) is 0 Å². The summed E-state index contributed by atoms with van der Waals surface area (Å²) in [6, 6.07) is 18.1. The molecule has 0 aliphatic rings. The number of alkyl halides is 3. The molecule has 0 spiro atoms. The summed E-state index contributed by atoms with van der Waals surface area (Å²) in [7, 11) is -4.33. The fourth-order valence-corrected chi connectivity index (χ4v) is 5.78. The van der Waals surface area contributed by atoms with Gasteiger partial charge >= 0.3 is 12.1 Å². The molecule has 0 saturated carbocycles. The Bertz CT molecular complexity index is 1740. The van der Waals surface area contributed by atoms with E-state index in [0.29, 0.717) is 24.0 Å². The number of amides is 1. The van der Waals surface area contributed by atoms with E-state index in [0.717, 1.165) is 4.57 Å². The Morgan fingerprint density at radius 2 is 1.71 bits per heavy atom. The number of nitrogens with one attached hydrogen (secondary N) is 1. The molecule has 13 heteroatoms. The number of carbonyl (C=O) groups is 2. The Balaban J connectivity index is 1.66. The van der Waals surface area contributed by atoms with Gasteiger partial charge in [-0.3, -0.25) is 4.79 Å².